The van der Waals surface area contributed by atoms with Gasteiger partial charge in [-0.25, -0.2) is 4.79 Å². The lowest BCUT2D eigenvalue weighted by Crippen LogP contribution is -2.38. The number of rotatable bonds is 4. The van der Waals surface area contributed by atoms with E-state index < -0.39 is 5.97 Å². The molecule has 1 N–H and O–H groups in total. The third kappa shape index (κ3) is 3.30. The van der Waals surface area contributed by atoms with E-state index >= 15 is 0 Å². The van der Waals surface area contributed by atoms with Gasteiger partial charge in [-0.05, 0) is 29.3 Å². The summed E-state index contributed by atoms with van der Waals surface area (Å²) in [6.45, 7) is 2.01. The van der Waals surface area contributed by atoms with Crippen LogP contribution in [-0.2, 0) is 0 Å². The lowest BCUT2D eigenvalue weighted by atomic mass is 10.0. The molecule has 0 unspecified atom stereocenters. The van der Waals surface area contributed by atoms with Gasteiger partial charge in [-0.15, -0.1) is 0 Å². The average Bonchev–Trinajstić information content (AvgIpc) is 2.74. The summed E-state index contributed by atoms with van der Waals surface area (Å²) in [5.74, 6) is -0.936. The van der Waals surface area contributed by atoms with Crippen molar-refractivity contribution in [3.8, 4) is 28.1 Å². The van der Waals surface area contributed by atoms with Crippen molar-refractivity contribution in [2.24, 2.45) is 0 Å². The van der Waals surface area contributed by atoms with Crippen LogP contribution < -0.4 is 4.57 Å². The molecule has 0 spiro atoms. The smallest absolute Gasteiger partial charge is 0.342 e. The van der Waals surface area contributed by atoms with Gasteiger partial charge in [-0.2, -0.15) is 4.57 Å². The Morgan fingerprint density at radius 1 is 0.714 bits per heavy atom. The summed E-state index contributed by atoms with van der Waals surface area (Å²) in [7, 11) is 0. The number of aromatic nitrogens is 1. The molecule has 4 aromatic rings. The van der Waals surface area contributed by atoms with Crippen LogP contribution in [0, 0.1) is 6.92 Å². The highest BCUT2D eigenvalue weighted by Crippen LogP contribution is 2.26. The van der Waals surface area contributed by atoms with Crippen molar-refractivity contribution < 1.29 is 14.5 Å². The Labute approximate surface area is 164 Å². The quantitative estimate of drug-likeness (QED) is 0.498. The molecule has 136 valence electrons. The number of hydrogen-bond acceptors (Lipinski definition) is 1. The average molecular weight is 366 g/mol. The number of benzene rings is 3. The number of carbonyl (C=O) groups is 1. The van der Waals surface area contributed by atoms with Crippen molar-refractivity contribution in [1.82, 2.24) is 0 Å². The zero-order valence-electron chi connectivity index (χ0n) is 15.5. The van der Waals surface area contributed by atoms with Gasteiger partial charge in [0.15, 0.2) is 5.69 Å². The fraction of sp³-hybridized carbons (Fsp3) is 0.0400. The summed E-state index contributed by atoms with van der Waals surface area (Å²) in [6.07, 6.45) is 0. The van der Waals surface area contributed by atoms with E-state index in [9.17, 15) is 9.90 Å². The maximum atomic E-state index is 11.8. The second-order valence-corrected chi connectivity index (χ2v) is 6.66. The number of para-hydroxylation sites is 1. The third-order valence-corrected chi connectivity index (χ3v) is 4.80. The molecule has 1 heterocycles. The van der Waals surface area contributed by atoms with Crippen molar-refractivity contribution >= 4 is 5.97 Å². The number of aryl methyl sites for hydroxylation is 1. The molecule has 0 aliphatic rings. The fourth-order valence-corrected chi connectivity index (χ4v) is 3.52. The van der Waals surface area contributed by atoms with Crippen LogP contribution in [0.3, 0.4) is 0 Å². The summed E-state index contributed by atoms with van der Waals surface area (Å²) < 4.78 is 2.02. The molecule has 0 radical (unpaired) electrons. The summed E-state index contributed by atoms with van der Waals surface area (Å²) in [5.41, 5.74) is 6.11. The molecule has 3 heteroatoms. The van der Waals surface area contributed by atoms with Crippen LogP contribution in [0.2, 0.25) is 0 Å². The van der Waals surface area contributed by atoms with Gasteiger partial charge in [0.05, 0.1) is 0 Å². The monoisotopic (exact) mass is 366 g/mol. The molecular formula is C25H20NO2+. The second kappa shape index (κ2) is 7.49. The minimum Gasteiger partial charge on any atom is -0.477 e. The number of hydrogen-bond donors (Lipinski definition) is 1. The molecule has 0 aliphatic carbocycles. The molecule has 0 bridgehead atoms. The van der Waals surface area contributed by atoms with Gasteiger partial charge in [0.1, 0.15) is 5.56 Å². The number of carboxylic acid groups (broad SMARTS) is 1. The Morgan fingerprint density at radius 3 is 1.93 bits per heavy atom. The minimum atomic E-state index is -0.936. The van der Waals surface area contributed by atoms with Crippen LogP contribution in [0.5, 0.6) is 0 Å². The molecule has 0 atom stereocenters. The highest BCUT2D eigenvalue weighted by atomic mass is 16.4. The van der Waals surface area contributed by atoms with E-state index in [2.05, 4.69) is 24.3 Å². The molecule has 1 aromatic heterocycles. The van der Waals surface area contributed by atoms with E-state index in [1.807, 2.05) is 72.2 Å². The van der Waals surface area contributed by atoms with Gasteiger partial charge in [-0.3, -0.25) is 0 Å². The first-order valence-corrected chi connectivity index (χ1v) is 9.15. The maximum Gasteiger partial charge on any atom is 0.342 e. The molecule has 0 saturated carbocycles. The molecule has 3 aromatic carbocycles. The van der Waals surface area contributed by atoms with Crippen molar-refractivity contribution in [2.45, 2.75) is 6.92 Å². The highest BCUT2D eigenvalue weighted by molar-refractivity contribution is 5.91. The lowest BCUT2D eigenvalue weighted by molar-refractivity contribution is -0.591. The molecule has 28 heavy (non-hydrogen) atoms. The molecule has 0 amide bonds. The predicted octanol–water partition coefficient (Wildman–Crippen LogP) is 5.30. The van der Waals surface area contributed by atoms with Crippen LogP contribution in [0.15, 0.2) is 97.1 Å². The van der Waals surface area contributed by atoms with Crippen molar-refractivity contribution in [3.05, 3.63) is 108 Å². The normalized spacial score (nSPS) is 10.6. The molecule has 3 nitrogen and oxygen atoms in total. The van der Waals surface area contributed by atoms with Gasteiger partial charge in [0.25, 0.3) is 0 Å². The summed E-state index contributed by atoms with van der Waals surface area (Å²) in [4.78, 5) is 11.8. The van der Waals surface area contributed by atoms with Crippen LogP contribution in [0.4, 0.5) is 0 Å². The molecular weight excluding hydrogens is 346 g/mol. The first kappa shape index (κ1) is 17.7. The fourth-order valence-electron chi connectivity index (χ4n) is 3.52. The van der Waals surface area contributed by atoms with Gasteiger partial charge >= 0.3 is 5.97 Å². The van der Waals surface area contributed by atoms with Crippen LogP contribution >= 0.6 is 0 Å². The minimum absolute atomic E-state index is 0.278. The zero-order valence-corrected chi connectivity index (χ0v) is 15.5. The molecule has 0 saturated heterocycles. The lowest BCUT2D eigenvalue weighted by Gasteiger charge is -2.11. The van der Waals surface area contributed by atoms with Crippen LogP contribution in [-0.4, -0.2) is 11.1 Å². The Morgan fingerprint density at radius 2 is 1.29 bits per heavy atom. The predicted molar refractivity (Wildman–Crippen MR) is 111 cm³/mol. The zero-order chi connectivity index (χ0) is 19.5. The summed E-state index contributed by atoms with van der Waals surface area (Å²) in [5, 5.41) is 9.70. The van der Waals surface area contributed by atoms with Gasteiger partial charge in [0, 0.05) is 30.7 Å². The Hall–Kier alpha value is -3.72. The second-order valence-electron chi connectivity index (χ2n) is 6.66. The number of pyridine rings is 1. The topological polar surface area (TPSA) is 41.2 Å². The molecule has 4 rings (SSSR count). The van der Waals surface area contributed by atoms with Crippen LogP contribution in [0.1, 0.15) is 16.1 Å². The van der Waals surface area contributed by atoms with Crippen molar-refractivity contribution in [2.75, 3.05) is 0 Å². The maximum absolute atomic E-state index is 11.8. The first-order valence-electron chi connectivity index (χ1n) is 9.15. The Kier molecular flexibility index (Phi) is 4.73. The van der Waals surface area contributed by atoms with E-state index in [4.69, 9.17) is 0 Å². The SMILES string of the molecule is Cc1cc(-c2ccccc2)cc(-c2ccccc2)[n+]1-c1ccccc1C(=O)O. The van der Waals surface area contributed by atoms with Gasteiger partial charge in [0.2, 0.25) is 11.4 Å². The number of nitrogens with zero attached hydrogens (tertiary/aromatic N) is 1. The van der Waals surface area contributed by atoms with Gasteiger partial charge < -0.3 is 5.11 Å². The highest BCUT2D eigenvalue weighted by Gasteiger charge is 2.25. The summed E-state index contributed by atoms with van der Waals surface area (Å²) >= 11 is 0. The van der Waals surface area contributed by atoms with Gasteiger partial charge in [-0.1, -0.05) is 60.7 Å². The van der Waals surface area contributed by atoms with E-state index in [1.54, 1.807) is 12.1 Å². The Bertz CT molecular complexity index is 1140. The largest absolute Gasteiger partial charge is 0.477 e. The third-order valence-electron chi connectivity index (χ3n) is 4.80. The van der Waals surface area contributed by atoms with Crippen molar-refractivity contribution in [1.29, 1.82) is 0 Å². The van der Waals surface area contributed by atoms with E-state index in [1.165, 1.54) is 0 Å². The molecule has 0 aliphatic heterocycles. The van der Waals surface area contributed by atoms with Crippen molar-refractivity contribution in [3.63, 3.8) is 0 Å². The summed E-state index contributed by atoms with van der Waals surface area (Å²) in [6, 6.07) is 31.6. The van der Waals surface area contributed by atoms with E-state index in [-0.39, 0.29) is 5.56 Å². The first-order chi connectivity index (χ1) is 13.6. The standard InChI is InChI=1S/C25H19NO2/c1-18-16-21(19-10-4-2-5-11-19)17-24(20-12-6-3-7-13-20)26(18)23-15-9-8-14-22(23)25(27)28/h2-17H,1H3/p+1. The molecule has 0 fully saturated rings. The number of aromatic carboxylic acids is 1. The Balaban J connectivity index is 2.03. The van der Waals surface area contributed by atoms with E-state index in [0.717, 1.165) is 28.1 Å². The number of carboxylic acids is 1. The van der Waals surface area contributed by atoms with E-state index in [0.29, 0.717) is 5.69 Å². The van der Waals surface area contributed by atoms with Crippen LogP contribution in [0.25, 0.3) is 28.1 Å².